The van der Waals surface area contributed by atoms with Crippen molar-refractivity contribution in [1.82, 2.24) is 5.32 Å². The molecule has 1 aromatic heterocycles. The first-order valence-electron chi connectivity index (χ1n) is 5.71. The highest BCUT2D eigenvalue weighted by molar-refractivity contribution is 5.96. The number of rotatable bonds is 5. The average Bonchev–Trinajstić information content (AvgIpc) is 2.96. The number of hydrogen-bond donors (Lipinski definition) is 1. The third-order valence-electron chi connectivity index (χ3n) is 2.84. The Morgan fingerprint density at radius 3 is 3.12 bits per heavy atom. The first-order chi connectivity index (χ1) is 7.83. The van der Waals surface area contributed by atoms with Crippen molar-refractivity contribution in [3.63, 3.8) is 0 Å². The van der Waals surface area contributed by atoms with Crippen LogP contribution in [0.4, 0.5) is 0 Å². The van der Waals surface area contributed by atoms with Crippen molar-refractivity contribution in [2.75, 3.05) is 19.8 Å². The van der Waals surface area contributed by atoms with Gasteiger partial charge in [0, 0.05) is 6.04 Å². The molecular formula is C12H17NO3. The van der Waals surface area contributed by atoms with Crippen LogP contribution in [0.1, 0.15) is 23.9 Å². The molecule has 88 valence electrons. The zero-order valence-corrected chi connectivity index (χ0v) is 9.44. The lowest BCUT2D eigenvalue weighted by atomic mass is 9.97. The van der Waals surface area contributed by atoms with E-state index in [9.17, 15) is 4.79 Å². The van der Waals surface area contributed by atoms with Crippen molar-refractivity contribution in [1.29, 1.82) is 0 Å². The number of ketones is 1. The van der Waals surface area contributed by atoms with Crippen molar-refractivity contribution in [2.45, 2.75) is 19.4 Å². The van der Waals surface area contributed by atoms with Gasteiger partial charge < -0.3 is 14.5 Å². The molecule has 0 saturated carbocycles. The van der Waals surface area contributed by atoms with Gasteiger partial charge in [0.1, 0.15) is 0 Å². The molecule has 0 radical (unpaired) electrons. The van der Waals surface area contributed by atoms with Crippen LogP contribution in [0, 0.1) is 5.92 Å². The van der Waals surface area contributed by atoms with Crippen LogP contribution < -0.4 is 5.32 Å². The number of carbonyl (C=O) groups excluding carboxylic acids is 1. The van der Waals surface area contributed by atoms with Gasteiger partial charge in [0.15, 0.2) is 5.76 Å². The molecule has 4 nitrogen and oxygen atoms in total. The Balaban J connectivity index is 1.99. The Hall–Kier alpha value is -1.13. The first kappa shape index (κ1) is 11.4. The van der Waals surface area contributed by atoms with Crippen LogP contribution in [0.25, 0.3) is 0 Å². The highest BCUT2D eigenvalue weighted by atomic mass is 16.5. The first-order valence-corrected chi connectivity index (χ1v) is 5.71. The largest absolute Gasteiger partial charge is 0.461 e. The fourth-order valence-electron chi connectivity index (χ4n) is 1.95. The normalized spacial score (nSPS) is 24.8. The van der Waals surface area contributed by atoms with E-state index in [2.05, 4.69) is 12.2 Å². The van der Waals surface area contributed by atoms with Gasteiger partial charge >= 0.3 is 0 Å². The van der Waals surface area contributed by atoms with Crippen molar-refractivity contribution in [2.24, 2.45) is 5.92 Å². The molecule has 2 atom stereocenters. The Morgan fingerprint density at radius 1 is 1.56 bits per heavy atom. The molecule has 2 heterocycles. The molecule has 1 aromatic rings. The Morgan fingerprint density at radius 2 is 2.44 bits per heavy atom. The maximum atomic E-state index is 12.1. The molecule has 2 unspecified atom stereocenters. The molecule has 1 aliphatic rings. The summed E-state index contributed by atoms with van der Waals surface area (Å²) in [4.78, 5) is 12.1. The minimum atomic E-state index is -0.113. The van der Waals surface area contributed by atoms with Gasteiger partial charge in [0.05, 0.1) is 25.4 Å². The molecule has 1 aliphatic heterocycles. The lowest BCUT2D eigenvalue weighted by Crippen LogP contribution is -2.39. The van der Waals surface area contributed by atoms with E-state index in [1.165, 1.54) is 6.26 Å². The van der Waals surface area contributed by atoms with Gasteiger partial charge in [-0.1, -0.05) is 6.92 Å². The van der Waals surface area contributed by atoms with Gasteiger partial charge in [-0.25, -0.2) is 0 Å². The molecule has 1 saturated heterocycles. The zero-order valence-electron chi connectivity index (χ0n) is 9.44. The van der Waals surface area contributed by atoms with E-state index < -0.39 is 0 Å². The molecule has 0 amide bonds. The van der Waals surface area contributed by atoms with Gasteiger partial charge in [-0.05, 0) is 25.1 Å². The minimum Gasteiger partial charge on any atom is -0.461 e. The van der Waals surface area contributed by atoms with Crippen LogP contribution in [0.15, 0.2) is 22.8 Å². The number of hydrogen-bond acceptors (Lipinski definition) is 4. The summed E-state index contributed by atoms with van der Waals surface area (Å²) in [6.45, 7) is 4.11. The number of Topliss-reactive ketones (excluding diaryl/α,β-unsaturated/α-hetero) is 1. The third kappa shape index (κ3) is 2.33. The zero-order chi connectivity index (χ0) is 11.4. The highest BCUT2D eigenvalue weighted by Crippen LogP contribution is 2.19. The molecule has 16 heavy (non-hydrogen) atoms. The predicted molar refractivity (Wildman–Crippen MR) is 59.4 cm³/mol. The fourth-order valence-corrected chi connectivity index (χ4v) is 1.95. The highest BCUT2D eigenvalue weighted by Gasteiger charge is 2.35. The molecule has 0 aromatic carbocycles. The van der Waals surface area contributed by atoms with Crippen LogP contribution in [0.2, 0.25) is 0 Å². The van der Waals surface area contributed by atoms with Crippen LogP contribution in [0.5, 0.6) is 0 Å². The van der Waals surface area contributed by atoms with Crippen LogP contribution in [0.3, 0.4) is 0 Å². The molecule has 0 aliphatic carbocycles. The van der Waals surface area contributed by atoms with Crippen molar-refractivity contribution in [3.05, 3.63) is 24.2 Å². The summed E-state index contributed by atoms with van der Waals surface area (Å²) in [6.07, 6.45) is 2.58. The molecule has 2 rings (SSSR count). The lowest BCUT2D eigenvalue weighted by molar-refractivity contribution is 0.0863. The number of ether oxygens (including phenoxy) is 1. The smallest absolute Gasteiger partial charge is 0.204 e. The van der Waals surface area contributed by atoms with Crippen molar-refractivity contribution >= 4 is 5.78 Å². The van der Waals surface area contributed by atoms with E-state index >= 15 is 0 Å². The van der Waals surface area contributed by atoms with E-state index in [-0.39, 0.29) is 17.7 Å². The van der Waals surface area contributed by atoms with Gasteiger partial charge in [-0.15, -0.1) is 0 Å². The van der Waals surface area contributed by atoms with Crippen LogP contribution in [-0.2, 0) is 4.74 Å². The summed E-state index contributed by atoms with van der Waals surface area (Å²) < 4.78 is 10.5. The molecular weight excluding hydrogens is 206 g/mol. The molecule has 0 bridgehead atoms. The van der Waals surface area contributed by atoms with Crippen LogP contribution in [-0.4, -0.2) is 31.6 Å². The van der Waals surface area contributed by atoms with E-state index in [0.29, 0.717) is 19.0 Å². The van der Waals surface area contributed by atoms with Crippen LogP contribution >= 0.6 is 0 Å². The summed E-state index contributed by atoms with van der Waals surface area (Å²) in [6, 6.07) is 3.56. The average molecular weight is 223 g/mol. The lowest BCUT2D eigenvalue weighted by Gasteiger charge is -2.16. The van der Waals surface area contributed by atoms with E-state index in [1.807, 2.05) is 0 Å². The summed E-state index contributed by atoms with van der Waals surface area (Å²) in [7, 11) is 0. The second kappa shape index (κ2) is 5.27. The SMILES string of the molecule is CCCNC1COCC1C(=O)c1ccco1. The molecule has 1 N–H and O–H groups in total. The number of carbonyl (C=O) groups is 1. The maximum absolute atomic E-state index is 12.1. The van der Waals surface area contributed by atoms with Crippen molar-refractivity contribution in [3.8, 4) is 0 Å². The topological polar surface area (TPSA) is 51.5 Å². The summed E-state index contributed by atoms with van der Waals surface area (Å²) >= 11 is 0. The molecule has 0 spiro atoms. The van der Waals surface area contributed by atoms with Gasteiger partial charge in [0.25, 0.3) is 0 Å². The van der Waals surface area contributed by atoms with Crippen molar-refractivity contribution < 1.29 is 13.9 Å². The van der Waals surface area contributed by atoms with Gasteiger partial charge in [-0.2, -0.15) is 0 Å². The van der Waals surface area contributed by atoms with E-state index in [4.69, 9.17) is 9.15 Å². The standard InChI is InChI=1S/C12H17NO3/c1-2-5-13-10-8-15-7-9(10)12(14)11-4-3-6-16-11/h3-4,6,9-10,13H,2,5,7-8H2,1H3. The van der Waals surface area contributed by atoms with E-state index in [1.54, 1.807) is 12.1 Å². The fraction of sp³-hybridized carbons (Fsp3) is 0.583. The summed E-state index contributed by atoms with van der Waals surface area (Å²) in [5.74, 6) is 0.354. The minimum absolute atomic E-state index is 0.0381. The molecule has 4 heteroatoms. The maximum Gasteiger partial charge on any atom is 0.204 e. The summed E-state index contributed by atoms with van der Waals surface area (Å²) in [5.41, 5.74) is 0. The Bertz CT molecular complexity index is 334. The second-order valence-corrected chi connectivity index (χ2v) is 4.05. The Labute approximate surface area is 95.0 Å². The van der Waals surface area contributed by atoms with E-state index in [0.717, 1.165) is 13.0 Å². The predicted octanol–water partition coefficient (Wildman–Crippen LogP) is 1.48. The van der Waals surface area contributed by atoms with Gasteiger partial charge in [0.2, 0.25) is 5.78 Å². The third-order valence-corrected chi connectivity index (χ3v) is 2.84. The monoisotopic (exact) mass is 223 g/mol. The van der Waals surface area contributed by atoms with Gasteiger partial charge in [-0.3, -0.25) is 4.79 Å². The number of nitrogens with one attached hydrogen (secondary N) is 1. The molecule has 1 fully saturated rings. The number of furan rings is 1. The second-order valence-electron chi connectivity index (χ2n) is 4.05. The summed E-state index contributed by atoms with van der Waals surface area (Å²) in [5, 5.41) is 3.34. The quantitative estimate of drug-likeness (QED) is 0.768. The Kier molecular flexibility index (Phi) is 3.74.